The van der Waals surface area contributed by atoms with E-state index in [-0.39, 0.29) is 18.5 Å². The lowest BCUT2D eigenvalue weighted by molar-refractivity contribution is -0.143. The van der Waals surface area contributed by atoms with Crippen molar-refractivity contribution >= 4 is 11.9 Å². The molecule has 422 valence electrons. The molecule has 72 heavy (non-hydrogen) atoms. The summed E-state index contributed by atoms with van der Waals surface area (Å²) in [5.74, 6) is -0.0658. The first kappa shape index (κ1) is 69.8. The standard InChI is InChI=1S/C66H123NO5/c1-3-5-7-9-11-13-15-35-39-42-46-50-54-58-64(69)63(62-68)67-65(70)59-55-51-47-43-40-36-33-31-29-27-25-23-21-19-17-16-18-20-22-24-26-28-30-32-34-37-41-45-49-53-57-61-72-66(71)60-56-52-48-44-38-14-12-10-8-6-4-2/h10,12,18,20,24,26,54,58,63-64,68-69H,3-9,11,13-17,19,21-23,25,27-53,55-57,59-62H2,1-2H3,(H,67,70)/b12-10-,20-18-,26-24-,58-54+. The number of aliphatic hydroxyl groups is 2. The van der Waals surface area contributed by atoms with Crippen molar-refractivity contribution in [3.05, 3.63) is 48.6 Å². The molecule has 0 heterocycles. The van der Waals surface area contributed by atoms with Crippen LogP contribution >= 0.6 is 0 Å². The van der Waals surface area contributed by atoms with E-state index in [0.717, 1.165) is 51.4 Å². The maximum Gasteiger partial charge on any atom is 0.305 e. The average Bonchev–Trinajstić information content (AvgIpc) is 3.38. The molecule has 0 fully saturated rings. The van der Waals surface area contributed by atoms with E-state index in [4.69, 9.17) is 4.74 Å². The van der Waals surface area contributed by atoms with Crippen molar-refractivity contribution in [2.24, 2.45) is 0 Å². The van der Waals surface area contributed by atoms with Crippen LogP contribution in [0.3, 0.4) is 0 Å². The van der Waals surface area contributed by atoms with Crippen LogP contribution in [-0.4, -0.2) is 47.4 Å². The summed E-state index contributed by atoms with van der Waals surface area (Å²) in [6, 6.07) is -0.627. The molecule has 3 N–H and O–H groups in total. The third kappa shape index (κ3) is 57.1. The number of ether oxygens (including phenoxy) is 1. The number of unbranched alkanes of at least 4 members (excludes halogenated alkanes) is 42. The molecule has 0 aromatic carbocycles. The number of esters is 1. The van der Waals surface area contributed by atoms with Crippen LogP contribution in [0, 0.1) is 0 Å². The molecule has 0 bridgehead atoms. The van der Waals surface area contributed by atoms with Crippen molar-refractivity contribution in [2.45, 2.75) is 347 Å². The number of hydrogen-bond acceptors (Lipinski definition) is 5. The molecule has 0 aliphatic carbocycles. The highest BCUT2D eigenvalue weighted by Crippen LogP contribution is 2.17. The Labute approximate surface area is 448 Å². The fourth-order valence-corrected chi connectivity index (χ4v) is 9.65. The van der Waals surface area contributed by atoms with Gasteiger partial charge in [-0.3, -0.25) is 9.59 Å². The predicted octanol–water partition coefficient (Wildman–Crippen LogP) is 20.1. The van der Waals surface area contributed by atoms with Crippen molar-refractivity contribution in [2.75, 3.05) is 13.2 Å². The molecule has 2 unspecified atom stereocenters. The zero-order valence-electron chi connectivity index (χ0n) is 48.2. The second kappa shape index (κ2) is 61.4. The number of carbonyl (C=O) groups excluding carboxylic acids is 2. The topological polar surface area (TPSA) is 95.9 Å². The van der Waals surface area contributed by atoms with Gasteiger partial charge in [0.2, 0.25) is 5.91 Å². The number of rotatable bonds is 59. The molecule has 0 saturated heterocycles. The van der Waals surface area contributed by atoms with Crippen molar-refractivity contribution in [3.8, 4) is 0 Å². The molecule has 0 aliphatic heterocycles. The molecular formula is C66H123NO5. The summed E-state index contributed by atoms with van der Waals surface area (Å²) < 4.78 is 5.46. The Morgan fingerprint density at radius 3 is 1.11 bits per heavy atom. The number of allylic oxidation sites excluding steroid dienone is 7. The third-order valence-electron chi connectivity index (χ3n) is 14.6. The summed E-state index contributed by atoms with van der Waals surface area (Å²) in [5.41, 5.74) is 0. The second-order valence-electron chi connectivity index (χ2n) is 21.7. The summed E-state index contributed by atoms with van der Waals surface area (Å²) in [7, 11) is 0. The predicted molar refractivity (Wildman–Crippen MR) is 315 cm³/mol. The molecule has 6 heteroatoms. The number of aliphatic hydroxyl groups excluding tert-OH is 2. The minimum atomic E-state index is -0.843. The first-order chi connectivity index (χ1) is 35.5. The zero-order chi connectivity index (χ0) is 52.2. The summed E-state index contributed by atoms with van der Waals surface area (Å²) in [6.07, 6.45) is 78.8. The molecule has 0 saturated carbocycles. The molecule has 0 aromatic heterocycles. The minimum Gasteiger partial charge on any atom is -0.466 e. The SMILES string of the molecule is CCCC/C=C\CCCCCCCC(=O)OCCCCCCCCCCC/C=C\C/C=C\CCCCCCCCCCCCCCCCCC(=O)NC(CO)C(O)/C=C/CCCCCCCCCCCCC. The van der Waals surface area contributed by atoms with Gasteiger partial charge in [0.05, 0.1) is 25.4 Å². The van der Waals surface area contributed by atoms with Gasteiger partial charge in [0, 0.05) is 12.8 Å². The van der Waals surface area contributed by atoms with Crippen LogP contribution in [0.2, 0.25) is 0 Å². The number of carbonyl (C=O) groups is 2. The summed E-state index contributed by atoms with van der Waals surface area (Å²) in [4.78, 5) is 24.4. The minimum absolute atomic E-state index is 0.00137. The van der Waals surface area contributed by atoms with Crippen LogP contribution < -0.4 is 5.32 Å². The molecule has 0 aliphatic rings. The monoisotopic (exact) mass is 1010 g/mol. The van der Waals surface area contributed by atoms with Gasteiger partial charge < -0.3 is 20.3 Å². The van der Waals surface area contributed by atoms with E-state index in [1.54, 1.807) is 6.08 Å². The van der Waals surface area contributed by atoms with Gasteiger partial charge in [-0.2, -0.15) is 0 Å². The lowest BCUT2D eigenvalue weighted by Gasteiger charge is -2.20. The van der Waals surface area contributed by atoms with E-state index >= 15 is 0 Å². The normalized spacial score (nSPS) is 12.9. The smallest absolute Gasteiger partial charge is 0.305 e. The van der Waals surface area contributed by atoms with Gasteiger partial charge in [-0.25, -0.2) is 0 Å². The van der Waals surface area contributed by atoms with E-state index < -0.39 is 12.1 Å². The van der Waals surface area contributed by atoms with Crippen molar-refractivity contribution in [1.29, 1.82) is 0 Å². The van der Waals surface area contributed by atoms with Crippen molar-refractivity contribution < 1.29 is 24.5 Å². The molecule has 0 radical (unpaired) electrons. The van der Waals surface area contributed by atoms with Gasteiger partial charge in [0.25, 0.3) is 0 Å². The second-order valence-corrected chi connectivity index (χ2v) is 21.7. The van der Waals surface area contributed by atoms with Crippen LogP contribution in [0.15, 0.2) is 48.6 Å². The van der Waals surface area contributed by atoms with Gasteiger partial charge in [0.15, 0.2) is 0 Å². The van der Waals surface area contributed by atoms with Gasteiger partial charge in [-0.1, -0.05) is 287 Å². The maximum atomic E-state index is 12.5. The Hall–Kier alpha value is -2.18. The maximum absolute atomic E-state index is 12.5. The van der Waals surface area contributed by atoms with Gasteiger partial charge in [0.1, 0.15) is 0 Å². The Bertz CT molecular complexity index is 1210. The number of hydrogen-bond donors (Lipinski definition) is 3. The highest BCUT2D eigenvalue weighted by molar-refractivity contribution is 5.76. The van der Waals surface area contributed by atoms with Crippen LogP contribution in [0.1, 0.15) is 335 Å². The Morgan fingerprint density at radius 2 is 0.708 bits per heavy atom. The van der Waals surface area contributed by atoms with Crippen LogP contribution in [-0.2, 0) is 14.3 Å². The Kier molecular flexibility index (Phi) is 59.5. The molecule has 1 amide bonds. The van der Waals surface area contributed by atoms with Crippen LogP contribution in [0.4, 0.5) is 0 Å². The molecule has 0 aromatic rings. The van der Waals surface area contributed by atoms with Crippen LogP contribution in [0.25, 0.3) is 0 Å². The molecule has 6 nitrogen and oxygen atoms in total. The Morgan fingerprint density at radius 1 is 0.389 bits per heavy atom. The van der Waals surface area contributed by atoms with Gasteiger partial charge in [-0.05, 0) is 83.5 Å². The zero-order valence-corrected chi connectivity index (χ0v) is 48.2. The van der Waals surface area contributed by atoms with E-state index in [1.807, 2.05) is 6.08 Å². The van der Waals surface area contributed by atoms with Gasteiger partial charge in [-0.15, -0.1) is 0 Å². The fraction of sp³-hybridized carbons (Fsp3) is 0.848. The molecular weight excluding hydrogens is 887 g/mol. The highest BCUT2D eigenvalue weighted by Gasteiger charge is 2.18. The van der Waals surface area contributed by atoms with Crippen LogP contribution in [0.5, 0.6) is 0 Å². The quantitative estimate of drug-likeness (QED) is 0.0320. The number of nitrogens with one attached hydrogen (secondary N) is 1. The summed E-state index contributed by atoms with van der Waals surface area (Å²) in [6.45, 7) is 4.87. The van der Waals surface area contributed by atoms with Crippen molar-refractivity contribution in [3.63, 3.8) is 0 Å². The van der Waals surface area contributed by atoms with Gasteiger partial charge >= 0.3 is 5.97 Å². The van der Waals surface area contributed by atoms with Crippen molar-refractivity contribution in [1.82, 2.24) is 5.32 Å². The largest absolute Gasteiger partial charge is 0.466 e. The summed E-state index contributed by atoms with van der Waals surface area (Å²) in [5, 5.41) is 23.1. The third-order valence-corrected chi connectivity index (χ3v) is 14.6. The fourth-order valence-electron chi connectivity index (χ4n) is 9.65. The highest BCUT2D eigenvalue weighted by atomic mass is 16.5. The average molecular weight is 1010 g/mol. The van der Waals surface area contributed by atoms with E-state index in [9.17, 15) is 19.8 Å². The lowest BCUT2D eigenvalue weighted by atomic mass is 10.0. The molecule has 0 rings (SSSR count). The first-order valence-corrected chi connectivity index (χ1v) is 31.9. The first-order valence-electron chi connectivity index (χ1n) is 31.9. The van der Waals surface area contributed by atoms with E-state index in [2.05, 4.69) is 55.6 Å². The molecule has 2 atom stereocenters. The summed E-state index contributed by atoms with van der Waals surface area (Å²) >= 11 is 0. The Balaban J connectivity index is 3.41. The van der Waals surface area contributed by atoms with E-state index in [0.29, 0.717) is 19.4 Å². The lowest BCUT2D eigenvalue weighted by Crippen LogP contribution is -2.45. The van der Waals surface area contributed by atoms with E-state index in [1.165, 1.54) is 257 Å². The number of amides is 1. The molecule has 0 spiro atoms.